The van der Waals surface area contributed by atoms with E-state index in [9.17, 15) is 0 Å². The summed E-state index contributed by atoms with van der Waals surface area (Å²) in [5.74, 6) is 0. The van der Waals surface area contributed by atoms with Gasteiger partial charge in [0, 0.05) is 12.2 Å². The number of thioether (sulfide) groups is 1. The number of hydrogen-bond acceptors (Lipinski definition) is 3. The highest BCUT2D eigenvalue weighted by atomic mass is 32.2. The molecule has 0 aromatic carbocycles. The number of hydrogen-bond donors (Lipinski definition) is 1. The minimum atomic E-state index is 0.287. The summed E-state index contributed by atoms with van der Waals surface area (Å²) in [5.41, 5.74) is 5.77. The zero-order valence-electron chi connectivity index (χ0n) is 5.32. The van der Waals surface area contributed by atoms with Crippen molar-refractivity contribution in [1.82, 2.24) is 4.90 Å². The van der Waals surface area contributed by atoms with Crippen molar-refractivity contribution in [3.05, 3.63) is 11.6 Å². The molecule has 3 heteroatoms. The second-order valence-electron chi connectivity index (χ2n) is 2.56. The summed E-state index contributed by atoms with van der Waals surface area (Å²) in [7, 11) is 0. The van der Waals surface area contributed by atoms with Crippen LogP contribution >= 0.6 is 11.8 Å². The standard InChI is InChI=1S/C6H10N2S/c1-4-5-6(7)8(4)2-3-9-5/h2-6H,7H2,1H3. The summed E-state index contributed by atoms with van der Waals surface area (Å²) < 4.78 is 0. The predicted octanol–water partition coefficient (Wildman–Crippen LogP) is 0.562. The van der Waals surface area contributed by atoms with E-state index in [1.807, 2.05) is 11.8 Å². The molecule has 50 valence electrons. The summed E-state index contributed by atoms with van der Waals surface area (Å²) in [6.07, 6.45) is 2.37. The topological polar surface area (TPSA) is 29.3 Å². The molecule has 2 nitrogen and oxygen atoms in total. The summed E-state index contributed by atoms with van der Waals surface area (Å²) >= 11 is 1.85. The number of fused-ring (bicyclic) bond motifs is 1. The SMILES string of the molecule is CC1C2SC=CN1C2N. The lowest BCUT2D eigenvalue weighted by atomic mass is 10.0. The van der Waals surface area contributed by atoms with Crippen molar-refractivity contribution in [2.24, 2.45) is 5.73 Å². The molecule has 0 aromatic rings. The maximum atomic E-state index is 5.77. The molecule has 3 heterocycles. The van der Waals surface area contributed by atoms with Crippen molar-refractivity contribution in [3.8, 4) is 0 Å². The van der Waals surface area contributed by atoms with Gasteiger partial charge in [0.1, 0.15) is 0 Å². The minimum absolute atomic E-state index is 0.287. The Morgan fingerprint density at radius 3 is 2.67 bits per heavy atom. The van der Waals surface area contributed by atoms with E-state index in [0.29, 0.717) is 11.3 Å². The number of nitrogens with two attached hydrogens (primary N) is 1. The molecular weight excluding hydrogens is 132 g/mol. The highest BCUT2D eigenvalue weighted by molar-refractivity contribution is 8.03. The molecule has 9 heavy (non-hydrogen) atoms. The normalized spacial score (nSPS) is 46.9. The maximum Gasteiger partial charge on any atom is 0.0912 e. The van der Waals surface area contributed by atoms with Crippen LogP contribution in [0.3, 0.4) is 0 Å². The van der Waals surface area contributed by atoms with Crippen LogP contribution in [0.15, 0.2) is 11.6 Å². The molecule has 0 radical (unpaired) electrons. The average Bonchev–Trinajstić information content (AvgIpc) is 1.91. The third-order valence-corrected chi connectivity index (χ3v) is 3.36. The van der Waals surface area contributed by atoms with Crippen LogP contribution in [0.2, 0.25) is 0 Å². The largest absolute Gasteiger partial charge is 0.357 e. The Balaban J connectivity index is 2.21. The summed E-state index contributed by atoms with van der Waals surface area (Å²) in [5, 5.41) is 2.77. The molecule has 3 aliphatic rings. The molecule has 2 N–H and O–H groups in total. The lowest BCUT2D eigenvalue weighted by Gasteiger charge is -2.53. The Labute approximate surface area is 59.1 Å². The van der Waals surface area contributed by atoms with E-state index in [4.69, 9.17) is 5.73 Å². The molecular formula is C6H10N2S. The van der Waals surface area contributed by atoms with E-state index in [1.54, 1.807) is 0 Å². The van der Waals surface area contributed by atoms with Crippen molar-refractivity contribution < 1.29 is 0 Å². The summed E-state index contributed by atoms with van der Waals surface area (Å²) in [6, 6.07) is 0.662. The highest BCUT2D eigenvalue weighted by Gasteiger charge is 2.43. The van der Waals surface area contributed by atoms with Crippen LogP contribution in [0.4, 0.5) is 0 Å². The Bertz CT molecular complexity index is 147. The van der Waals surface area contributed by atoms with Crippen molar-refractivity contribution in [2.45, 2.75) is 24.4 Å². The molecule has 0 aromatic heterocycles. The van der Waals surface area contributed by atoms with Crippen LogP contribution in [-0.2, 0) is 0 Å². The van der Waals surface area contributed by atoms with Crippen molar-refractivity contribution in [1.29, 1.82) is 0 Å². The van der Waals surface area contributed by atoms with Crippen LogP contribution in [-0.4, -0.2) is 22.4 Å². The van der Waals surface area contributed by atoms with Gasteiger partial charge in [-0.3, -0.25) is 0 Å². The van der Waals surface area contributed by atoms with Gasteiger partial charge in [-0.15, -0.1) is 11.8 Å². The third kappa shape index (κ3) is 0.563. The fraction of sp³-hybridized carbons (Fsp3) is 0.667. The second kappa shape index (κ2) is 1.67. The molecule has 3 rings (SSSR count). The van der Waals surface area contributed by atoms with Gasteiger partial charge in [-0.25, -0.2) is 0 Å². The van der Waals surface area contributed by atoms with Crippen LogP contribution in [0, 0.1) is 0 Å². The molecule has 3 atom stereocenters. The van der Waals surface area contributed by atoms with E-state index in [1.165, 1.54) is 0 Å². The van der Waals surface area contributed by atoms with E-state index < -0.39 is 0 Å². The quantitative estimate of drug-likeness (QED) is 0.536. The van der Waals surface area contributed by atoms with Gasteiger partial charge >= 0.3 is 0 Å². The predicted molar refractivity (Wildman–Crippen MR) is 39.8 cm³/mol. The van der Waals surface area contributed by atoms with Gasteiger partial charge < -0.3 is 10.6 Å². The molecule has 3 aliphatic heterocycles. The Morgan fingerprint density at radius 2 is 2.44 bits per heavy atom. The van der Waals surface area contributed by atoms with E-state index in [-0.39, 0.29) is 6.17 Å². The fourth-order valence-corrected chi connectivity index (χ4v) is 2.48. The van der Waals surface area contributed by atoms with Crippen LogP contribution in [0.1, 0.15) is 6.92 Å². The molecule has 0 amide bonds. The zero-order valence-corrected chi connectivity index (χ0v) is 6.14. The lowest BCUT2D eigenvalue weighted by molar-refractivity contribution is 0.0947. The van der Waals surface area contributed by atoms with Gasteiger partial charge in [-0.05, 0) is 12.3 Å². The molecule has 1 saturated heterocycles. The van der Waals surface area contributed by atoms with Crippen LogP contribution < -0.4 is 5.73 Å². The van der Waals surface area contributed by atoms with Gasteiger partial charge in [0.15, 0.2) is 0 Å². The minimum Gasteiger partial charge on any atom is -0.357 e. The molecule has 0 aliphatic carbocycles. The zero-order chi connectivity index (χ0) is 6.43. The van der Waals surface area contributed by atoms with E-state index in [0.717, 1.165) is 0 Å². The van der Waals surface area contributed by atoms with Gasteiger partial charge in [0.2, 0.25) is 0 Å². The first-order valence-corrected chi connectivity index (χ1v) is 4.10. The second-order valence-corrected chi connectivity index (χ2v) is 3.65. The van der Waals surface area contributed by atoms with E-state index in [2.05, 4.69) is 23.4 Å². The molecule has 1 fully saturated rings. The molecule has 0 spiro atoms. The van der Waals surface area contributed by atoms with Crippen molar-refractivity contribution in [3.63, 3.8) is 0 Å². The van der Waals surface area contributed by atoms with Gasteiger partial charge in [0.05, 0.1) is 11.4 Å². The lowest BCUT2D eigenvalue weighted by Crippen LogP contribution is -2.67. The Hall–Kier alpha value is -0.150. The first-order chi connectivity index (χ1) is 4.30. The number of nitrogens with zero attached hydrogens (tertiary/aromatic N) is 1. The van der Waals surface area contributed by atoms with Crippen molar-refractivity contribution >= 4 is 11.8 Å². The third-order valence-electron chi connectivity index (χ3n) is 2.10. The molecule has 2 bridgehead atoms. The first-order valence-electron chi connectivity index (χ1n) is 3.16. The molecule has 0 saturated carbocycles. The summed E-state index contributed by atoms with van der Waals surface area (Å²) in [4.78, 5) is 2.20. The average molecular weight is 142 g/mol. The first kappa shape index (κ1) is 5.62. The Kier molecular flexibility index (Phi) is 1.04. The van der Waals surface area contributed by atoms with Crippen LogP contribution in [0.5, 0.6) is 0 Å². The monoisotopic (exact) mass is 142 g/mol. The van der Waals surface area contributed by atoms with E-state index >= 15 is 0 Å². The van der Waals surface area contributed by atoms with Gasteiger partial charge in [-0.1, -0.05) is 0 Å². The smallest absolute Gasteiger partial charge is 0.0912 e. The van der Waals surface area contributed by atoms with Crippen LogP contribution in [0.25, 0.3) is 0 Å². The fourth-order valence-electron chi connectivity index (χ4n) is 1.42. The molecule has 3 unspecified atom stereocenters. The Morgan fingerprint density at radius 1 is 1.67 bits per heavy atom. The van der Waals surface area contributed by atoms with Crippen molar-refractivity contribution in [2.75, 3.05) is 0 Å². The highest BCUT2D eigenvalue weighted by Crippen LogP contribution is 2.38. The van der Waals surface area contributed by atoms with Gasteiger partial charge in [-0.2, -0.15) is 0 Å². The maximum absolute atomic E-state index is 5.77. The van der Waals surface area contributed by atoms with Gasteiger partial charge in [0.25, 0.3) is 0 Å². The summed E-state index contributed by atoms with van der Waals surface area (Å²) in [6.45, 7) is 2.21. The number of rotatable bonds is 0.